The summed E-state index contributed by atoms with van der Waals surface area (Å²) in [5.74, 6) is -2.93. The van der Waals surface area contributed by atoms with Crippen molar-refractivity contribution in [2.45, 2.75) is 32.3 Å². The molecule has 4 nitrogen and oxygen atoms in total. The third-order valence-corrected chi connectivity index (χ3v) is 3.43. The highest BCUT2D eigenvalue weighted by atomic mass is 19.1. The van der Waals surface area contributed by atoms with Gasteiger partial charge in [-0.2, -0.15) is 0 Å². The van der Waals surface area contributed by atoms with Gasteiger partial charge in [-0.3, -0.25) is 9.59 Å². The van der Waals surface area contributed by atoms with Crippen LogP contribution in [0.4, 0.5) is 14.5 Å². The number of carbonyl (C=O) groups is 2. The second-order valence-corrected chi connectivity index (χ2v) is 5.19. The second kappa shape index (κ2) is 7.15. The third kappa shape index (κ3) is 4.13. The Morgan fingerprint density at radius 3 is 2.64 bits per heavy atom. The zero-order valence-electron chi connectivity index (χ0n) is 12.1. The molecule has 1 N–H and O–H groups in total. The minimum absolute atomic E-state index is 0.131. The van der Waals surface area contributed by atoms with Gasteiger partial charge in [-0.25, -0.2) is 8.78 Å². The van der Waals surface area contributed by atoms with Crippen LogP contribution in [0.25, 0.3) is 0 Å². The molecule has 1 aliphatic carbocycles. The van der Waals surface area contributed by atoms with Crippen molar-refractivity contribution in [1.82, 2.24) is 0 Å². The predicted molar refractivity (Wildman–Crippen MR) is 77.0 cm³/mol. The number of carbonyl (C=O) groups excluding carboxylic acids is 2. The van der Waals surface area contributed by atoms with Gasteiger partial charge >= 0.3 is 5.97 Å². The molecule has 22 heavy (non-hydrogen) atoms. The van der Waals surface area contributed by atoms with Gasteiger partial charge in [0.05, 0.1) is 6.42 Å². The third-order valence-electron chi connectivity index (χ3n) is 3.43. The molecule has 0 saturated carbocycles. The van der Waals surface area contributed by atoms with Gasteiger partial charge < -0.3 is 10.1 Å². The summed E-state index contributed by atoms with van der Waals surface area (Å²) in [6.07, 6.45) is 4.83. The lowest BCUT2D eigenvalue weighted by Gasteiger charge is -2.15. The minimum Gasteiger partial charge on any atom is -0.453 e. The van der Waals surface area contributed by atoms with E-state index < -0.39 is 35.3 Å². The first kappa shape index (κ1) is 16.1. The first-order valence-corrected chi connectivity index (χ1v) is 7.08. The number of nitrogens with one attached hydrogen (secondary N) is 1. The van der Waals surface area contributed by atoms with E-state index in [1.165, 1.54) is 13.0 Å². The van der Waals surface area contributed by atoms with Crippen molar-refractivity contribution in [3.05, 3.63) is 42.0 Å². The first-order chi connectivity index (χ1) is 10.5. The number of hydrogen-bond donors (Lipinski definition) is 1. The number of anilines is 1. The maximum atomic E-state index is 13.4. The number of allylic oxidation sites excluding steroid dienone is 2. The molecule has 118 valence electrons. The lowest BCUT2D eigenvalue weighted by molar-refractivity contribution is -0.153. The number of rotatable bonds is 5. The van der Waals surface area contributed by atoms with Crippen molar-refractivity contribution in [2.75, 3.05) is 5.32 Å². The standard InChI is InChI=1S/C16H17F2NO3/c1-10(22-14(20)9-11-5-2-3-6-11)16(21)19-15-12(17)7-4-8-13(15)18/h2,4-5,7-8,10-11H,3,6,9H2,1H3,(H,19,21)/t10-,11-/m0/s1. The fourth-order valence-corrected chi connectivity index (χ4v) is 2.22. The number of amides is 1. The first-order valence-electron chi connectivity index (χ1n) is 7.08. The van der Waals surface area contributed by atoms with Crippen molar-refractivity contribution < 1.29 is 23.1 Å². The van der Waals surface area contributed by atoms with E-state index in [0.29, 0.717) is 0 Å². The van der Waals surface area contributed by atoms with Crippen molar-refractivity contribution in [2.24, 2.45) is 5.92 Å². The Balaban J connectivity index is 1.89. The van der Waals surface area contributed by atoms with Crippen molar-refractivity contribution in [3.8, 4) is 0 Å². The highest BCUT2D eigenvalue weighted by Gasteiger charge is 2.22. The van der Waals surface area contributed by atoms with E-state index in [2.05, 4.69) is 5.32 Å². The zero-order valence-corrected chi connectivity index (χ0v) is 12.1. The Labute approximate surface area is 127 Å². The monoisotopic (exact) mass is 309 g/mol. The smallest absolute Gasteiger partial charge is 0.307 e. The largest absolute Gasteiger partial charge is 0.453 e. The van der Waals surface area contributed by atoms with Crippen LogP contribution in [0.1, 0.15) is 26.2 Å². The lowest BCUT2D eigenvalue weighted by Crippen LogP contribution is -2.31. The molecule has 1 aromatic carbocycles. The van der Waals surface area contributed by atoms with E-state index in [0.717, 1.165) is 25.0 Å². The van der Waals surface area contributed by atoms with Crippen molar-refractivity contribution in [3.63, 3.8) is 0 Å². The molecular weight excluding hydrogens is 292 g/mol. The molecule has 1 aliphatic rings. The van der Waals surface area contributed by atoms with E-state index in [1.807, 2.05) is 12.2 Å². The number of benzene rings is 1. The van der Waals surface area contributed by atoms with E-state index in [4.69, 9.17) is 4.74 Å². The van der Waals surface area contributed by atoms with Crippen molar-refractivity contribution >= 4 is 17.6 Å². The molecule has 0 aromatic heterocycles. The summed E-state index contributed by atoms with van der Waals surface area (Å²) in [5.41, 5.74) is -0.547. The van der Waals surface area contributed by atoms with E-state index >= 15 is 0 Å². The molecule has 0 fully saturated rings. The summed E-state index contributed by atoms with van der Waals surface area (Å²) in [5, 5.41) is 2.10. The summed E-state index contributed by atoms with van der Waals surface area (Å²) in [6.45, 7) is 1.36. The molecule has 0 spiro atoms. The van der Waals surface area contributed by atoms with Crippen LogP contribution >= 0.6 is 0 Å². The van der Waals surface area contributed by atoms with Crippen LogP contribution in [0.15, 0.2) is 30.4 Å². The summed E-state index contributed by atoms with van der Waals surface area (Å²) in [7, 11) is 0. The molecular formula is C16H17F2NO3. The topological polar surface area (TPSA) is 55.4 Å². The molecule has 0 radical (unpaired) electrons. The molecule has 1 aromatic rings. The van der Waals surface area contributed by atoms with Crippen LogP contribution < -0.4 is 5.32 Å². The average Bonchev–Trinajstić information content (AvgIpc) is 2.95. The highest BCUT2D eigenvalue weighted by Crippen LogP contribution is 2.21. The molecule has 0 unspecified atom stereocenters. The summed E-state index contributed by atoms with van der Waals surface area (Å²) < 4.78 is 31.9. The van der Waals surface area contributed by atoms with Gasteiger partial charge in [0.1, 0.15) is 17.3 Å². The van der Waals surface area contributed by atoms with Gasteiger partial charge in [0.15, 0.2) is 6.10 Å². The van der Waals surface area contributed by atoms with Gasteiger partial charge in [-0.15, -0.1) is 0 Å². The van der Waals surface area contributed by atoms with E-state index in [9.17, 15) is 18.4 Å². The van der Waals surface area contributed by atoms with Crippen LogP contribution in [0, 0.1) is 17.6 Å². The number of hydrogen-bond acceptors (Lipinski definition) is 3. The Morgan fingerprint density at radius 2 is 2.05 bits per heavy atom. The Morgan fingerprint density at radius 1 is 1.36 bits per heavy atom. The van der Waals surface area contributed by atoms with Gasteiger partial charge in [0, 0.05) is 0 Å². The predicted octanol–water partition coefficient (Wildman–Crippen LogP) is 3.19. The molecule has 0 saturated heterocycles. The van der Waals surface area contributed by atoms with Crippen LogP contribution in [-0.2, 0) is 14.3 Å². The minimum atomic E-state index is -1.13. The number of halogens is 2. The molecule has 2 rings (SSSR count). The Bertz CT molecular complexity index is 581. The van der Waals surface area contributed by atoms with Crippen molar-refractivity contribution in [1.29, 1.82) is 0 Å². The molecule has 0 bridgehead atoms. The van der Waals surface area contributed by atoms with Crippen LogP contribution in [-0.4, -0.2) is 18.0 Å². The molecule has 2 atom stereocenters. The van der Waals surface area contributed by atoms with Gasteiger partial charge in [0.2, 0.25) is 0 Å². The average molecular weight is 309 g/mol. The molecule has 0 heterocycles. The Kier molecular flexibility index (Phi) is 5.25. The number of para-hydroxylation sites is 1. The van der Waals surface area contributed by atoms with Crippen LogP contribution in [0.5, 0.6) is 0 Å². The number of ether oxygens (including phenoxy) is 1. The summed E-state index contributed by atoms with van der Waals surface area (Å²) in [6, 6.07) is 3.25. The molecule has 6 heteroatoms. The summed E-state index contributed by atoms with van der Waals surface area (Å²) in [4.78, 5) is 23.6. The maximum Gasteiger partial charge on any atom is 0.307 e. The molecule has 1 amide bonds. The summed E-state index contributed by atoms with van der Waals surface area (Å²) >= 11 is 0. The van der Waals surface area contributed by atoms with Gasteiger partial charge in [0.25, 0.3) is 5.91 Å². The van der Waals surface area contributed by atoms with Gasteiger partial charge in [-0.05, 0) is 37.8 Å². The zero-order chi connectivity index (χ0) is 16.1. The van der Waals surface area contributed by atoms with Gasteiger partial charge in [-0.1, -0.05) is 18.2 Å². The quantitative estimate of drug-likeness (QED) is 0.671. The Hall–Kier alpha value is -2.24. The fourth-order valence-electron chi connectivity index (χ4n) is 2.22. The van der Waals surface area contributed by atoms with Crippen LogP contribution in [0.2, 0.25) is 0 Å². The SMILES string of the molecule is C[C@H](OC(=O)C[C@H]1C=CCC1)C(=O)Nc1c(F)cccc1F. The maximum absolute atomic E-state index is 13.4. The fraction of sp³-hybridized carbons (Fsp3) is 0.375. The van der Waals surface area contributed by atoms with E-state index in [-0.39, 0.29) is 12.3 Å². The molecule has 0 aliphatic heterocycles. The second-order valence-electron chi connectivity index (χ2n) is 5.19. The lowest BCUT2D eigenvalue weighted by atomic mass is 10.1. The number of esters is 1. The normalized spacial score (nSPS) is 18.0. The van der Waals surface area contributed by atoms with E-state index in [1.54, 1.807) is 0 Å². The highest BCUT2D eigenvalue weighted by molar-refractivity contribution is 5.95. The van der Waals surface area contributed by atoms with Crippen LogP contribution in [0.3, 0.4) is 0 Å².